The van der Waals surface area contributed by atoms with Crippen molar-refractivity contribution < 1.29 is 4.39 Å². The van der Waals surface area contributed by atoms with Gasteiger partial charge >= 0.3 is 0 Å². The molecule has 0 aliphatic rings. The van der Waals surface area contributed by atoms with Gasteiger partial charge in [0, 0.05) is 17.1 Å². The standard InChI is InChI=1S/C21H12Cl2FN/c22-18-5-2-6-19(23)20(18)21-17-4-1-3-15(16(17)11-12-25-21)13-7-9-14(24)10-8-13/h1-12H. The van der Waals surface area contributed by atoms with E-state index in [0.29, 0.717) is 15.6 Å². The maximum atomic E-state index is 13.3. The minimum absolute atomic E-state index is 0.255. The number of hydrogen-bond donors (Lipinski definition) is 0. The Bertz CT molecular complexity index is 1050. The highest BCUT2D eigenvalue weighted by Gasteiger charge is 2.14. The van der Waals surface area contributed by atoms with E-state index in [0.717, 1.165) is 27.6 Å². The summed E-state index contributed by atoms with van der Waals surface area (Å²) >= 11 is 12.7. The van der Waals surface area contributed by atoms with Crippen LogP contribution in [0, 0.1) is 5.82 Å². The summed E-state index contributed by atoms with van der Waals surface area (Å²) in [6.45, 7) is 0. The number of hydrogen-bond acceptors (Lipinski definition) is 1. The average Bonchev–Trinajstić information content (AvgIpc) is 2.62. The smallest absolute Gasteiger partial charge is 0.123 e. The van der Waals surface area contributed by atoms with Crippen LogP contribution in [0.2, 0.25) is 10.0 Å². The number of fused-ring (bicyclic) bond motifs is 1. The number of nitrogens with zero attached hydrogens (tertiary/aromatic N) is 1. The molecule has 122 valence electrons. The lowest BCUT2D eigenvalue weighted by Gasteiger charge is -2.12. The monoisotopic (exact) mass is 367 g/mol. The summed E-state index contributed by atoms with van der Waals surface area (Å²) in [6.07, 6.45) is 1.74. The van der Waals surface area contributed by atoms with Gasteiger partial charge < -0.3 is 0 Å². The van der Waals surface area contributed by atoms with E-state index < -0.39 is 0 Å². The topological polar surface area (TPSA) is 12.9 Å². The first-order chi connectivity index (χ1) is 12.1. The molecule has 0 aliphatic carbocycles. The Hall–Kier alpha value is -2.42. The van der Waals surface area contributed by atoms with Crippen LogP contribution >= 0.6 is 23.2 Å². The molecule has 25 heavy (non-hydrogen) atoms. The van der Waals surface area contributed by atoms with Gasteiger partial charge in [-0.3, -0.25) is 4.98 Å². The normalized spacial score (nSPS) is 11.0. The molecule has 1 nitrogen and oxygen atoms in total. The zero-order valence-electron chi connectivity index (χ0n) is 13.0. The minimum Gasteiger partial charge on any atom is -0.255 e. The van der Waals surface area contributed by atoms with Gasteiger partial charge in [0.05, 0.1) is 15.7 Å². The summed E-state index contributed by atoms with van der Waals surface area (Å²) in [5.74, 6) is -0.255. The Labute approximate surface area is 154 Å². The second-order valence-corrected chi connectivity index (χ2v) is 6.48. The third kappa shape index (κ3) is 2.88. The number of benzene rings is 3. The van der Waals surface area contributed by atoms with Crippen molar-refractivity contribution in [1.82, 2.24) is 4.98 Å². The van der Waals surface area contributed by atoms with Crippen molar-refractivity contribution >= 4 is 34.0 Å². The maximum absolute atomic E-state index is 13.3. The van der Waals surface area contributed by atoms with E-state index in [1.54, 1.807) is 30.5 Å². The molecule has 0 saturated carbocycles. The van der Waals surface area contributed by atoms with Crippen LogP contribution in [0.4, 0.5) is 4.39 Å². The van der Waals surface area contributed by atoms with E-state index >= 15 is 0 Å². The fraction of sp³-hybridized carbons (Fsp3) is 0. The second kappa shape index (κ2) is 6.47. The van der Waals surface area contributed by atoms with Gasteiger partial charge in [0.1, 0.15) is 5.82 Å². The first-order valence-corrected chi connectivity index (χ1v) is 8.49. The number of halogens is 3. The Morgan fingerprint density at radius 3 is 2.12 bits per heavy atom. The van der Waals surface area contributed by atoms with Crippen LogP contribution in [-0.4, -0.2) is 4.98 Å². The van der Waals surface area contributed by atoms with Crippen molar-refractivity contribution in [3.8, 4) is 22.4 Å². The number of pyridine rings is 1. The lowest BCUT2D eigenvalue weighted by Crippen LogP contribution is -1.90. The molecule has 0 aliphatic heterocycles. The number of aromatic nitrogens is 1. The summed E-state index contributed by atoms with van der Waals surface area (Å²) in [4.78, 5) is 4.52. The molecule has 0 N–H and O–H groups in total. The summed E-state index contributed by atoms with van der Waals surface area (Å²) < 4.78 is 13.3. The Balaban J connectivity index is 2.01. The van der Waals surface area contributed by atoms with Crippen molar-refractivity contribution in [2.45, 2.75) is 0 Å². The van der Waals surface area contributed by atoms with Crippen LogP contribution in [0.1, 0.15) is 0 Å². The van der Waals surface area contributed by atoms with Crippen LogP contribution in [0.25, 0.3) is 33.2 Å². The van der Waals surface area contributed by atoms with Crippen molar-refractivity contribution in [1.29, 1.82) is 0 Å². The molecule has 4 rings (SSSR count). The highest BCUT2D eigenvalue weighted by Crippen LogP contribution is 2.39. The molecular formula is C21H12Cl2FN. The molecule has 1 aromatic heterocycles. The van der Waals surface area contributed by atoms with E-state index in [1.807, 2.05) is 30.3 Å². The quantitative estimate of drug-likeness (QED) is 0.371. The van der Waals surface area contributed by atoms with Crippen molar-refractivity contribution in [3.63, 3.8) is 0 Å². The van der Waals surface area contributed by atoms with Crippen molar-refractivity contribution in [2.24, 2.45) is 0 Å². The maximum Gasteiger partial charge on any atom is 0.123 e. The SMILES string of the molecule is Fc1ccc(-c2cccc3c(-c4c(Cl)cccc4Cl)nccc23)cc1. The van der Waals surface area contributed by atoms with Crippen LogP contribution in [-0.2, 0) is 0 Å². The Morgan fingerprint density at radius 1 is 0.720 bits per heavy atom. The van der Waals surface area contributed by atoms with Crippen molar-refractivity contribution in [3.05, 3.63) is 88.8 Å². The fourth-order valence-electron chi connectivity index (χ4n) is 3.01. The minimum atomic E-state index is -0.255. The molecule has 0 fully saturated rings. The zero-order valence-corrected chi connectivity index (χ0v) is 14.5. The third-order valence-corrected chi connectivity index (χ3v) is 4.79. The largest absolute Gasteiger partial charge is 0.255 e. The molecular weight excluding hydrogens is 356 g/mol. The van der Waals surface area contributed by atoms with Gasteiger partial charge in [-0.25, -0.2) is 4.39 Å². The van der Waals surface area contributed by atoms with Gasteiger partial charge in [-0.2, -0.15) is 0 Å². The first kappa shape index (κ1) is 16.1. The first-order valence-electron chi connectivity index (χ1n) is 7.73. The lowest BCUT2D eigenvalue weighted by molar-refractivity contribution is 0.628. The van der Waals surface area contributed by atoms with Crippen LogP contribution in [0.5, 0.6) is 0 Å². The van der Waals surface area contributed by atoms with E-state index in [1.165, 1.54) is 12.1 Å². The molecule has 0 unspecified atom stereocenters. The molecule has 3 aromatic carbocycles. The summed E-state index contributed by atoms with van der Waals surface area (Å²) in [5.41, 5.74) is 3.39. The Morgan fingerprint density at radius 2 is 1.40 bits per heavy atom. The zero-order chi connectivity index (χ0) is 17.4. The van der Waals surface area contributed by atoms with Crippen LogP contribution in [0.15, 0.2) is 72.9 Å². The summed E-state index contributed by atoms with van der Waals surface area (Å²) in [6, 6.07) is 19.8. The van der Waals surface area contributed by atoms with Crippen LogP contribution < -0.4 is 0 Å². The van der Waals surface area contributed by atoms with Gasteiger partial charge in [0.2, 0.25) is 0 Å². The molecule has 4 aromatic rings. The molecule has 0 spiro atoms. The van der Waals surface area contributed by atoms with Crippen molar-refractivity contribution in [2.75, 3.05) is 0 Å². The highest BCUT2D eigenvalue weighted by atomic mass is 35.5. The predicted molar refractivity (Wildman–Crippen MR) is 103 cm³/mol. The highest BCUT2D eigenvalue weighted by molar-refractivity contribution is 6.39. The van der Waals surface area contributed by atoms with Gasteiger partial charge in [-0.15, -0.1) is 0 Å². The van der Waals surface area contributed by atoms with Gasteiger partial charge in [0.15, 0.2) is 0 Å². The van der Waals surface area contributed by atoms with Gasteiger partial charge in [0.25, 0.3) is 0 Å². The summed E-state index contributed by atoms with van der Waals surface area (Å²) in [7, 11) is 0. The molecule has 1 heterocycles. The molecule has 0 bridgehead atoms. The van der Waals surface area contributed by atoms with E-state index in [-0.39, 0.29) is 5.82 Å². The molecule has 4 heteroatoms. The predicted octanol–water partition coefficient (Wildman–Crippen LogP) is 7.01. The van der Waals surface area contributed by atoms with Crippen LogP contribution in [0.3, 0.4) is 0 Å². The van der Waals surface area contributed by atoms with E-state index in [9.17, 15) is 4.39 Å². The van der Waals surface area contributed by atoms with E-state index in [2.05, 4.69) is 4.98 Å². The fourth-order valence-corrected chi connectivity index (χ4v) is 3.59. The van der Waals surface area contributed by atoms with Gasteiger partial charge in [-0.05, 0) is 46.8 Å². The molecule has 0 saturated heterocycles. The summed E-state index contributed by atoms with van der Waals surface area (Å²) in [5, 5.41) is 3.06. The third-order valence-electron chi connectivity index (χ3n) is 4.16. The van der Waals surface area contributed by atoms with Gasteiger partial charge in [-0.1, -0.05) is 59.6 Å². The lowest BCUT2D eigenvalue weighted by atomic mass is 9.96. The molecule has 0 atom stereocenters. The van der Waals surface area contributed by atoms with E-state index in [4.69, 9.17) is 23.2 Å². The Kier molecular flexibility index (Phi) is 4.16. The average molecular weight is 368 g/mol. The second-order valence-electron chi connectivity index (χ2n) is 5.66. The number of rotatable bonds is 2. The molecule has 0 amide bonds. The molecule has 0 radical (unpaired) electrons.